The number of fused-ring (bicyclic) bond motifs is 1. The molecule has 1 aromatic heterocycles. The molecule has 7 heteroatoms. The van der Waals surface area contributed by atoms with Crippen LogP contribution in [0.2, 0.25) is 0 Å². The Morgan fingerprint density at radius 3 is 2.35 bits per heavy atom. The van der Waals surface area contributed by atoms with E-state index in [-0.39, 0.29) is 30.0 Å². The van der Waals surface area contributed by atoms with Crippen LogP contribution in [-0.2, 0) is 22.4 Å². The molecule has 1 aliphatic heterocycles. The van der Waals surface area contributed by atoms with Crippen LogP contribution in [0.3, 0.4) is 0 Å². The molecule has 0 spiro atoms. The van der Waals surface area contributed by atoms with Crippen molar-refractivity contribution in [1.82, 2.24) is 9.88 Å². The molecule has 2 amide bonds. The van der Waals surface area contributed by atoms with Crippen LogP contribution in [0.4, 0.5) is 10.1 Å². The van der Waals surface area contributed by atoms with E-state index in [9.17, 15) is 14.0 Å². The molecule has 4 aromatic carbocycles. The number of nitrogens with one attached hydrogen (secondary N) is 2. The van der Waals surface area contributed by atoms with Crippen molar-refractivity contribution in [2.75, 3.05) is 11.9 Å². The van der Waals surface area contributed by atoms with E-state index in [0.717, 1.165) is 35.7 Å². The number of aromatic nitrogens is 1. The molecule has 0 bridgehead atoms. The molecular formula is C36H34FN3O3. The smallest absolute Gasteiger partial charge is 0.247 e. The molecular weight excluding hydrogens is 541 g/mol. The van der Waals surface area contributed by atoms with Crippen LogP contribution < -0.4 is 10.1 Å². The number of H-pyrrole nitrogens is 1. The van der Waals surface area contributed by atoms with Gasteiger partial charge in [0.05, 0.1) is 6.42 Å². The van der Waals surface area contributed by atoms with E-state index in [1.807, 2.05) is 36.5 Å². The zero-order chi connectivity index (χ0) is 29.6. The van der Waals surface area contributed by atoms with Gasteiger partial charge in [-0.3, -0.25) is 9.59 Å². The van der Waals surface area contributed by atoms with Gasteiger partial charge in [0, 0.05) is 29.3 Å². The molecule has 1 aliphatic rings. The number of rotatable bonds is 10. The lowest BCUT2D eigenvalue weighted by Crippen LogP contribution is -2.43. The van der Waals surface area contributed by atoms with Crippen molar-refractivity contribution < 1.29 is 18.7 Å². The van der Waals surface area contributed by atoms with Gasteiger partial charge in [0.2, 0.25) is 11.8 Å². The SMILES string of the molecule is O=C(Nc1ccc(Oc2ccc(F)cc2)cc1)C1CC(CCCc2ccccc2)CN1C(=O)Cc1c[nH]c2ccccc12. The zero-order valence-electron chi connectivity index (χ0n) is 23.8. The first-order chi connectivity index (χ1) is 21.0. The zero-order valence-corrected chi connectivity index (χ0v) is 23.8. The number of para-hydroxylation sites is 1. The topological polar surface area (TPSA) is 74.4 Å². The highest BCUT2D eigenvalue weighted by atomic mass is 19.1. The second-order valence-electron chi connectivity index (χ2n) is 11.1. The molecule has 0 radical (unpaired) electrons. The Morgan fingerprint density at radius 1 is 0.884 bits per heavy atom. The van der Waals surface area contributed by atoms with Crippen molar-refractivity contribution in [2.24, 2.45) is 5.92 Å². The monoisotopic (exact) mass is 575 g/mol. The predicted octanol–water partition coefficient (Wildman–Crippen LogP) is 7.52. The first-order valence-corrected chi connectivity index (χ1v) is 14.7. The third-order valence-corrected chi connectivity index (χ3v) is 8.12. The third-order valence-electron chi connectivity index (χ3n) is 8.12. The number of ether oxygens (including phenoxy) is 1. The van der Waals surface area contributed by atoms with E-state index >= 15 is 0 Å². The van der Waals surface area contributed by atoms with E-state index in [4.69, 9.17) is 4.74 Å². The maximum atomic E-state index is 13.7. The Morgan fingerprint density at radius 2 is 1.58 bits per heavy atom. The van der Waals surface area contributed by atoms with Crippen LogP contribution >= 0.6 is 0 Å². The number of likely N-dealkylation sites (tertiary alicyclic amines) is 1. The second-order valence-corrected chi connectivity index (χ2v) is 11.1. The van der Waals surface area contributed by atoms with Crippen LogP contribution in [0.5, 0.6) is 11.5 Å². The Bertz CT molecular complexity index is 1680. The number of halogens is 1. The Kier molecular flexibility index (Phi) is 8.50. The number of amides is 2. The maximum Gasteiger partial charge on any atom is 0.247 e. The number of benzene rings is 4. The molecule has 2 unspecified atom stereocenters. The van der Waals surface area contributed by atoms with E-state index in [0.29, 0.717) is 30.2 Å². The molecule has 2 atom stereocenters. The number of hydrogen-bond acceptors (Lipinski definition) is 3. The highest BCUT2D eigenvalue weighted by Gasteiger charge is 2.39. The Hall–Kier alpha value is -4.91. The van der Waals surface area contributed by atoms with Crippen molar-refractivity contribution in [3.8, 4) is 11.5 Å². The lowest BCUT2D eigenvalue weighted by Gasteiger charge is -2.24. The van der Waals surface area contributed by atoms with Crippen LogP contribution in [0.15, 0.2) is 109 Å². The highest BCUT2D eigenvalue weighted by Crippen LogP contribution is 2.31. The van der Waals surface area contributed by atoms with Gasteiger partial charge in [0.15, 0.2) is 0 Å². The van der Waals surface area contributed by atoms with Gasteiger partial charge in [-0.2, -0.15) is 0 Å². The molecule has 2 heterocycles. The lowest BCUT2D eigenvalue weighted by molar-refractivity contribution is -0.136. The van der Waals surface area contributed by atoms with Crippen molar-refractivity contribution >= 4 is 28.4 Å². The Labute approximate surface area is 250 Å². The van der Waals surface area contributed by atoms with Gasteiger partial charge in [-0.1, -0.05) is 48.5 Å². The molecule has 0 aliphatic carbocycles. The molecule has 218 valence electrons. The van der Waals surface area contributed by atoms with Gasteiger partial charge in [-0.15, -0.1) is 0 Å². The number of aromatic amines is 1. The summed E-state index contributed by atoms with van der Waals surface area (Å²) >= 11 is 0. The molecule has 6 rings (SSSR count). The van der Waals surface area contributed by atoms with Crippen molar-refractivity contribution in [1.29, 1.82) is 0 Å². The first-order valence-electron chi connectivity index (χ1n) is 14.7. The molecule has 1 saturated heterocycles. The number of carbonyl (C=O) groups is 2. The summed E-state index contributed by atoms with van der Waals surface area (Å²) in [7, 11) is 0. The van der Waals surface area contributed by atoms with E-state index in [1.54, 1.807) is 41.3 Å². The summed E-state index contributed by atoms with van der Waals surface area (Å²) in [4.78, 5) is 32.3. The fraction of sp³-hybridized carbons (Fsp3) is 0.222. The second kappa shape index (κ2) is 12.9. The van der Waals surface area contributed by atoms with E-state index < -0.39 is 6.04 Å². The summed E-state index contributed by atoms with van der Waals surface area (Å²) in [5.41, 5.74) is 3.85. The number of hydrogen-bond donors (Lipinski definition) is 2. The summed E-state index contributed by atoms with van der Waals surface area (Å²) in [6.07, 6.45) is 5.68. The quantitative estimate of drug-likeness (QED) is 0.181. The van der Waals surface area contributed by atoms with Gasteiger partial charge in [0.1, 0.15) is 23.4 Å². The largest absolute Gasteiger partial charge is 0.457 e. The summed E-state index contributed by atoms with van der Waals surface area (Å²) < 4.78 is 19.0. The third kappa shape index (κ3) is 6.95. The molecule has 43 heavy (non-hydrogen) atoms. The van der Waals surface area contributed by atoms with Gasteiger partial charge in [0.25, 0.3) is 0 Å². The average Bonchev–Trinajstić information content (AvgIpc) is 3.65. The van der Waals surface area contributed by atoms with E-state index in [1.165, 1.54) is 17.7 Å². The maximum absolute atomic E-state index is 13.7. The fourth-order valence-corrected chi connectivity index (χ4v) is 5.91. The Balaban J connectivity index is 1.13. The van der Waals surface area contributed by atoms with Crippen LogP contribution in [-0.4, -0.2) is 34.3 Å². The molecule has 6 nitrogen and oxygen atoms in total. The average molecular weight is 576 g/mol. The molecule has 2 N–H and O–H groups in total. The highest BCUT2D eigenvalue weighted by molar-refractivity contribution is 5.98. The fourth-order valence-electron chi connectivity index (χ4n) is 5.91. The van der Waals surface area contributed by atoms with E-state index in [2.05, 4.69) is 34.6 Å². The minimum Gasteiger partial charge on any atom is -0.457 e. The van der Waals surface area contributed by atoms with Gasteiger partial charge in [-0.05, 0) is 97.3 Å². The van der Waals surface area contributed by atoms with Crippen LogP contribution in [0.1, 0.15) is 30.4 Å². The van der Waals surface area contributed by atoms with Crippen molar-refractivity contribution in [2.45, 2.75) is 38.1 Å². The minimum atomic E-state index is -0.547. The van der Waals surface area contributed by atoms with Crippen LogP contribution in [0.25, 0.3) is 10.9 Å². The van der Waals surface area contributed by atoms with Crippen molar-refractivity contribution in [3.05, 3.63) is 126 Å². The number of anilines is 1. The number of nitrogens with zero attached hydrogens (tertiary/aromatic N) is 1. The van der Waals surface area contributed by atoms with Gasteiger partial charge < -0.3 is 19.9 Å². The molecule has 1 fully saturated rings. The van der Waals surface area contributed by atoms with Crippen LogP contribution in [0, 0.1) is 11.7 Å². The van der Waals surface area contributed by atoms with Crippen molar-refractivity contribution in [3.63, 3.8) is 0 Å². The summed E-state index contributed by atoms with van der Waals surface area (Å²) in [5, 5.41) is 4.04. The normalized spacial score (nSPS) is 16.3. The summed E-state index contributed by atoms with van der Waals surface area (Å²) in [5.74, 6) is 0.775. The van der Waals surface area contributed by atoms with Gasteiger partial charge >= 0.3 is 0 Å². The summed E-state index contributed by atoms with van der Waals surface area (Å²) in [6.45, 7) is 0.568. The lowest BCUT2D eigenvalue weighted by atomic mass is 9.97. The van der Waals surface area contributed by atoms with Gasteiger partial charge in [-0.25, -0.2) is 4.39 Å². The summed E-state index contributed by atoms with van der Waals surface area (Å²) in [6, 6.07) is 30.6. The number of carbonyl (C=O) groups excluding carboxylic acids is 2. The predicted molar refractivity (Wildman–Crippen MR) is 167 cm³/mol. The first kappa shape index (κ1) is 28.2. The standard InChI is InChI=1S/C36H34FN3O3/c37-28-13-17-30(18-14-28)43-31-19-15-29(16-20-31)39-36(42)34-21-26(10-6-9-25-7-2-1-3-8-25)24-40(34)35(41)22-27-23-38-33-12-5-4-11-32(27)33/h1-5,7-8,11-20,23,26,34,38H,6,9-10,21-22,24H2,(H,39,42). The minimum absolute atomic E-state index is 0.0430. The number of aryl methyl sites for hydroxylation is 1. The molecule has 5 aromatic rings. The molecule has 0 saturated carbocycles.